The number of nitrogens with one attached hydrogen (secondary N) is 1. The number of aryl methyl sites for hydroxylation is 2. The number of benzene rings is 2. The van der Waals surface area contributed by atoms with E-state index in [-0.39, 0.29) is 11.9 Å². The lowest BCUT2D eigenvalue weighted by Gasteiger charge is -2.24. The van der Waals surface area contributed by atoms with Crippen molar-refractivity contribution in [2.45, 2.75) is 33.2 Å². The topological polar surface area (TPSA) is 50.8 Å². The zero-order chi connectivity index (χ0) is 20.0. The van der Waals surface area contributed by atoms with Gasteiger partial charge in [-0.1, -0.05) is 18.2 Å². The van der Waals surface area contributed by atoms with Gasteiger partial charge in [0.2, 0.25) is 5.91 Å². The SMILES string of the molecule is COc1ccc(CCN(C)[C@H](C)C(=O)Nc2cc(C)ccc2C)cc1OC. The van der Waals surface area contributed by atoms with Crippen LogP contribution in [-0.2, 0) is 11.2 Å². The fourth-order valence-corrected chi connectivity index (χ4v) is 2.84. The van der Waals surface area contributed by atoms with Crippen LogP contribution < -0.4 is 14.8 Å². The molecule has 2 aromatic rings. The lowest BCUT2D eigenvalue weighted by molar-refractivity contribution is -0.120. The average molecular weight is 370 g/mol. The third-order valence-corrected chi connectivity index (χ3v) is 4.89. The Bertz CT molecular complexity index is 789. The van der Waals surface area contributed by atoms with Crippen LogP contribution in [0.15, 0.2) is 36.4 Å². The zero-order valence-electron chi connectivity index (χ0n) is 17.1. The van der Waals surface area contributed by atoms with Gasteiger partial charge in [-0.15, -0.1) is 0 Å². The monoisotopic (exact) mass is 370 g/mol. The van der Waals surface area contributed by atoms with E-state index in [9.17, 15) is 4.79 Å². The lowest BCUT2D eigenvalue weighted by atomic mass is 10.1. The normalized spacial score (nSPS) is 12.0. The summed E-state index contributed by atoms with van der Waals surface area (Å²) in [5.41, 5.74) is 4.21. The first-order valence-corrected chi connectivity index (χ1v) is 9.15. The van der Waals surface area contributed by atoms with Crippen LogP contribution in [0.25, 0.3) is 0 Å². The molecular weight excluding hydrogens is 340 g/mol. The summed E-state index contributed by atoms with van der Waals surface area (Å²) in [7, 11) is 5.23. The first kappa shape index (κ1) is 20.8. The molecule has 1 amide bonds. The minimum atomic E-state index is -0.231. The van der Waals surface area contributed by atoms with Gasteiger partial charge in [0.05, 0.1) is 20.3 Å². The number of rotatable bonds is 8. The summed E-state index contributed by atoms with van der Waals surface area (Å²) in [5, 5.41) is 3.05. The van der Waals surface area contributed by atoms with E-state index in [0.29, 0.717) is 0 Å². The third-order valence-electron chi connectivity index (χ3n) is 4.89. The molecule has 0 saturated heterocycles. The highest BCUT2D eigenvalue weighted by atomic mass is 16.5. The molecule has 0 spiro atoms. The Morgan fingerprint density at radius 2 is 1.78 bits per heavy atom. The molecule has 0 radical (unpaired) electrons. The number of anilines is 1. The fourth-order valence-electron chi connectivity index (χ4n) is 2.84. The van der Waals surface area contributed by atoms with Crippen molar-refractivity contribution in [1.29, 1.82) is 0 Å². The minimum Gasteiger partial charge on any atom is -0.493 e. The fraction of sp³-hybridized carbons (Fsp3) is 0.409. The van der Waals surface area contributed by atoms with E-state index in [1.165, 1.54) is 0 Å². The van der Waals surface area contributed by atoms with Crippen molar-refractivity contribution < 1.29 is 14.3 Å². The molecule has 0 saturated carbocycles. The Morgan fingerprint density at radius 3 is 2.44 bits per heavy atom. The first-order chi connectivity index (χ1) is 12.8. The van der Waals surface area contributed by atoms with Gasteiger partial charge >= 0.3 is 0 Å². The summed E-state index contributed by atoms with van der Waals surface area (Å²) in [5.74, 6) is 1.44. The molecule has 5 nitrogen and oxygen atoms in total. The molecule has 0 heterocycles. The van der Waals surface area contributed by atoms with Gasteiger partial charge in [0.15, 0.2) is 11.5 Å². The van der Waals surface area contributed by atoms with Gasteiger partial charge in [-0.05, 0) is 69.1 Å². The number of amides is 1. The molecule has 0 bridgehead atoms. The molecule has 0 aliphatic carbocycles. The number of hydrogen-bond donors (Lipinski definition) is 1. The maximum Gasteiger partial charge on any atom is 0.241 e. The Hall–Kier alpha value is -2.53. The number of carbonyl (C=O) groups is 1. The van der Waals surface area contributed by atoms with Crippen LogP contribution >= 0.6 is 0 Å². The minimum absolute atomic E-state index is 0.00138. The molecule has 0 fully saturated rings. The lowest BCUT2D eigenvalue weighted by Crippen LogP contribution is -2.40. The Kier molecular flexibility index (Phi) is 7.25. The van der Waals surface area contributed by atoms with Crippen molar-refractivity contribution in [3.63, 3.8) is 0 Å². The molecule has 0 aliphatic heterocycles. The van der Waals surface area contributed by atoms with E-state index < -0.39 is 0 Å². The van der Waals surface area contributed by atoms with Crippen LogP contribution in [0.5, 0.6) is 11.5 Å². The molecule has 2 rings (SSSR count). The second-order valence-electron chi connectivity index (χ2n) is 6.90. The van der Waals surface area contributed by atoms with Crippen LogP contribution in [0.3, 0.4) is 0 Å². The van der Waals surface area contributed by atoms with Gasteiger partial charge in [0.25, 0.3) is 0 Å². The summed E-state index contributed by atoms with van der Waals surface area (Å²) in [6.07, 6.45) is 0.817. The van der Waals surface area contributed by atoms with Gasteiger partial charge in [-0.3, -0.25) is 9.69 Å². The van der Waals surface area contributed by atoms with Gasteiger partial charge in [0, 0.05) is 12.2 Å². The van der Waals surface area contributed by atoms with Crippen molar-refractivity contribution in [3.05, 3.63) is 53.1 Å². The molecule has 27 heavy (non-hydrogen) atoms. The summed E-state index contributed by atoms with van der Waals surface area (Å²) in [4.78, 5) is 14.7. The summed E-state index contributed by atoms with van der Waals surface area (Å²) in [6.45, 7) is 6.71. The molecule has 2 aromatic carbocycles. The summed E-state index contributed by atoms with van der Waals surface area (Å²) >= 11 is 0. The van der Waals surface area contributed by atoms with E-state index in [4.69, 9.17) is 9.47 Å². The summed E-state index contributed by atoms with van der Waals surface area (Å²) in [6, 6.07) is 11.8. The van der Waals surface area contributed by atoms with E-state index >= 15 is 0 Å². The number of nitrogens with zero attached hydrogens (tertiary/aromatic N) is 1. The molecule has 0 unspecified atom stereocenters. The van der Waals surface area contributed by atoms with E-state index in [1.54, 1.807) is 14.2 Å². The molecule has 0 aromatic heterocycles. The maximum atomic E-state index is 12.6. The standard InChI is InChI=1S/C22H30N2O3/c1-15-7-8-16(2)19(13-15)23-22(25)17(3)24(4)12-11-18-9-10-20(26-5)21(14-18)27-6/h7-10,13-14,17H,11-12H2,1-6H3,(H,23,25)/t17-/m1/s1. The number of hydrogen-bond acceptors (Lipinski definition) is 4. The van der Waals surface area contributed by atoms with Crippen molar-refractivity contribution in [1.82, 2.24) is 4.90 Å². The quantitative estimate of drug-likeness (QED) is 0.767. The van der Waals surface area contributed by atoms with Gasteiger partial charge in [0.1, 0.15) is 0 Å². The largest absolute Gasteiger partial charge is 0.493 e. The Balaban J connectivity index is 1.95. The molecular formula is C22H30N2O3. The summed E-state index contributed by atoms with van der Waals surface area (Å²) < 4.78 is 10.6. The number of carbonyl (C=O) groups excluding carboxylic acids is 1. The second-order valence-corrected chi connectivity index (χ2v) is 6.90. The Morgan fingerprint density at radius 1 is 1.07 bits per heavy atom. The highest BCUT2D eigenvalue weighted by molar-refractivity contribution is 5.95. The van der Waals surface area contributed by atoms with Crippen LogP contribution in [-0.4, -0.2) is 44.7 Å². The van der Waals surface area contributed by atoms with Crippen LogP contribution in [0, 0.1) is 13.8 Å². The van der Waals surface area contributed by atoms with Crippen molar-refractivity contribution in [2.24, 2.45) is 0 Å². The highest BCUT2D eigenvalue weighted by Gasteiger charge is 2.18. The van der Waals surface area contributed by atoms with E-state index in [2.05, 4.69) is 10.2 Å². The van der Waals surface area contributed by atoms with Crippen LogP contribution in [0.2, 0.25) is 0 Å². The number of methoxy groups -OCH3 is 2. The van der Waals surface area contributed by atoms with Crippen LogP contribution in [0.1, 0.15) is 23.6 Å². The van der Waals surface area contributed by atoms with Gasteiger partial charge in [-0.2, -0.15) is 0 Å². The highest BCUT2D eigenvalue weighted by Crippen LogP contribution is 2.27. The van der Waals surface area contributed by atoms with Crippen LogP contribution in [0.4, 0.5) is 5.69 Å². The van der Waals surface area contributed by atoms with Crippen molar-refractivity contribution in [2.75, 3.05) is 33.1 Å². The molecule has 0 aliphatic rings. The first-order valence-electron chi connectivity index (χ1n) is 9.15. The van der Waals surface area contributed by atoms with E-state index in [1.807, 2.05) is 64.2 Å². The maximum absolute atomic E-state index is 12.6. The third kappa shape index (κ3) is 5.47. The Labute approximate surface area is 162 Å². The number of ether oxygens (including phenoxy) is 2. The van der Waals surface area contributed by atoms with Gasteiger partial charge in [-0.25, -0.2) is 0 Å². The molecule has 1 N–H and O–H groups in total. The average Bonchev–Trinajstić information content (AvgIpc) is 2.67. The predicted octanol–water partition coefficient (Wildman–Crippen LogP) is 3.82. The van der Waals surface area contributed by atoms with Crippen molar-refractivity contribution >= 4 is 11.6 Å². The second kappa shape index (κ2) is 9.42. The smallest absolute Gasteiger partial charge is 0.241 e. The molecule has 1 atom stereocenters. The molecule has 5 heteroatoms. The molecule has 146 valence electrons. The number of likely N-dealkylation sites (N-methyl/N-ethyl adjacent to an activating group) is 1. The zero-order valence-corrected chi connectivity index (χ0v) is 17.1. The predicted molar refractivity (Wildman–Crippen MR) is 110 cm³/mol. The van der Waals surface area contributed by atoms with E-state index in [0.717, 1.165) is 46.8 Å². The van der Waals surface area contributed by atoms with Gasteiger partial charge < -0.3 is 14.8 Å². The van der Waals surface area contributed by atoms with Crippen molar-refractivity contribution in [3.8, 4) is 11.5 Å².